The van der Waals surface area contributed by atoms with Crippen molar-refractivity contribution in [3.63, 3.8) is 0 Å². The van der Waals surface area contributed by atoms with Crippen LogP contribution in [0.4, 0.5) is 5.69 Å². The van der Waals surface area contributed by atoms with E-state index in [9.17, 15) is 10.1 Å². The molecule has 1 aliphatic carbocycles. The highest BCUT2D eigenvalue weighted by molar-refractivity contribution is 5.56. The van der Waals surface area contributed by atoms with Crippen LogP contribution in [-0.2, 0) is 0 Å². The summed E-state index contributed by atoms with van der Waals surface area (Å²) >= 11 is 0. The Balaban J connectivity index is 2.44. The van der Waals surface area contributed by atoms with E-state index in [4.69, 9.17) is 10.00 Å². The summed E-state index contributed by atoms with van der Waals surface area (Å²) in [5, 5.41) is 19.5. The first-order chi connectivity index (χ1) is 7.22. The zero-order valence-corrected chi connectivity index (χ0v) is 7.84. The first-order valence-electron chi connectivity index (χ1n) is 4.56. The molecule has 0 unspecified atom stereocenters. The molecule has 5 heteroatoms. The summed E-state index contributed by atoms with van der Waals surface area (Å²) < 4.78 is 5.38. The normalized spacial score (nSPS) is 14.3. The van der Waals surface area contributed by atoms with Crippen molar-refractivity contribution >= 4 is 5.69 Å². The number of ether oxygens (including phenoxy) is 1. The molecule has 76 valence electrons. The van der Waals surface area contributed by atoms with Crippen LogP contribution in [0.15, 0.2) is 18.2 Å². The second-order valence-corrected chi connectivity index (χ2v) is 3.34. The van der Waals surface area contributed by atoms with Crippen molar-refractivity contribution in [2.45, 2.75) is 18.9 Å². The molecule has 0 atom stereocenters. The lowest BCUT2D eigenvalue weighted by Gasteiger charge is -2.06. The lowest BCUT2D eigenvalue weighted by atomic mass is 10.2. The Bertz CT molecular complexity index is 446. The fraction of sp³-hybridized carbons (Fsp3) is 0.300. The summed E-state index contributed by atoms with van der Waals surface area (Å²) in [7, 11) is 0. The quantitative estimate of drug-likeness (QED) is 0.557. The molecule has 2 rings (SSSR count). The Morgan fingerprint density at radius 1 is 1.53 bits per heavy atom. The number of hydrogen-bond donors (Lipinski definition) is 0. The van der Waals surface area contributed by atoms with Gasteiger partial charge in [-0.15, -0.1) is 0 Å². The fourth-order valence-corrected chi connectivity index (χ4v) is 1.23. The highest BCUT2D eigenvalue weighted by atomic mass is 16.6. The van der Waals surface area contributed by atoms with E-state index in [1.165, 1.54) is 18.2 Å². The van der Waals surface area contributed by atoms with Gasteiger partial charge >= 0.3 is 5.69 Å². The zero-order chi connectivity index (χ0) is 10.8. The highest BCUT2D eigenvalue weighted by Crippen LogP contribution is 2.35. The molecule has 0 heterocycles. The van der Waals surface area contributed by atoms with Crippen molar-refractivity contribution in [1.82, 2.24) is 0 Å². The monoisotopic (exact) mass is 204 g/mol. The predicted molar refractivity (Wildman–Crippen MR) is 51.5 cm³/mol. The molecule has 5 nitrogen and oxygen atoms in total. The van der Waals surface area contributed by atoms with Gasteiger partial charge in [0, 0.05) is 6.07 Å². The Hall–Kier alpha value is -2.09. The fourth-order valence-electron chi connectivity index (χ4n) is 1.23. The highest BCUT2D eigenvalue weighted by Gasteiger charge is 2.29. The number of benzene rings is 1. The zero-order valence-electron chi connectivity index (χ0n) is 7.84. The molecule has 0 saturated heterocycles. The van der Waals surface area contributed by atoms with Gasteiger partial charge in [0.25, 0.3) is 0 Å². The van der Waals surface area contributed by atoms with Crippen LogP contribution in [0.1, 0.15) is 18.4 Å². The molecule has 0 radical (unpaired) electrons. The Kier molecular flexibility index (Phi) is 2.26. The number of nitro benzene ring substituents is 1. The van der Waals surface area contributed by atoms with Gasteiger partial charge in [-0.3, -0.25) is 10.1 Å². The van der Waals surface area contributed by atoms with Crippen LogP contribution in [0.2, 0.25) is 0 Å². The maximum atomic E-state index is 10.7. The van der Waals surface area contributed by atoms with Crippen LogP contribution in [0, 0.1) is 21.4 Å². The van der Waals surface area contributed by atoms with Gasteiger partial charge in [0.1, 0.15) is 11.6 Å². The van der Waals surface area contributed by atoms with E-state index < -0.39 is 4.92 Å². The number of para-hydroxylation sites is 1. The molecule has 0 aromatic heterocycles. The van der Waals surface area contributed by atoms with E-state index in [1.54, 1.807) is 0 Å². The van der Waals surface area contributed by atoms with E-state index in [1.807, 2.05) is 6.07 Å². The predicted octanol–water partition coefficient (Wildman–Crippen LogP) is 2.01. The molecule has 0 amide bonds. The van der Waals surface area contributed by atoms with Gasteiger partial charge in [0.2, 0.25) is 5.75 Å². The summed E-state index contributed by atoms with van der Waals surface area (Å²) in [4.78, 5) is 10.2. The van der Waals surface area contributed by atoms with Crippen molar-refractivity contribution in [1.29, 1.82) is 5.26 Å². The van der Waals surface area contributed by atoms with Crippen molar-refractivity contribution in [2.75, 3.05) is 0 Å². The van der Waals surface area contributed by atoms with Gasteiger partial charge in [0.05, 0.1) is 11.0 Å². The second kappa shape index (κ2) is 3.58. The summed E-state index contributed by atoms with van der Waals surface area (Å²) in [6.07, 6.45) is 1.84. The second-order valence-electron chi connectivity index (χ2n) is 3.34. The number of nitro groups is 1. The molecule has 0 aliphatic heterocycles. The van der Waals surface area contributed by atoms with E-state index >= 15 is 0 Å². The molecule has 15 heavy (non-hydrogen) atoms. The average Bonchev–Trinajstić information content (AvgIpc) is 3.01. The Morgan fingerprint density at radius 3 is 2.80 bits per heavy atom. The van der Waals surface area contributed by atoms with Gasteiger partial charge < -0.3 is 4.74 Å². The average molecular weight is 204 g/mol. The standard InChI is InChI=1S/C10H8N2O3/c11-6-7-2-1-3-9(12(13)14)10(7)15-8-4-5-8/h1-3,8H,4-5H2. The van der Waals surface area contributed by atoms with Crippen molar-refractivity contribution in [3.05, 3.63) is 33.9 Å². The first-order valence-corrected chi connectivity index (χ1v) is 4.56. The van der Waals surface area contributed by atoms with Gasteiger partial charge in [-0.25, -0.2) is 0 Å². The summed E-state index contributed by atoms with van der Waals surface area (Å²) in [5.74, 6) is 0.104. The van der Waals surface area contributed by atoms with Crippen LogP contribution in [-0.4, -0.2) is 11.0 Å². The molecular formula is C10H8N2O3. The van der Waals surface area contributed by atoms with Crippen molar-refractivity contribution < 1.29 is 9.66 Å². The molecule has 1 aromatic carbocycles. The molecule has 0 bridgehead atoms. The van der Waals surface area contributed by atoms with Crippen molar-refractivity contribution in [2.24, 2.45) is 0 Å². The van der Waals surface area contributed by atoms with Gasteiger partial charge in [0.15, 0.2) is 0 Å². The SMILES string of the molecule is N#Cc1cccc([N+](=O)[O-])c1OC1CC1. The van der Waals surface area contributed by atoms with Gasteiger partial charge in [-0.05, 0) is 18.9 Å². The first kappa shape index (κ1) is 9.46. The van der Waals surface area contributed by atoms with E-state index in [0.29, 0.717) is 0 Å². The van der Waals surface area contributed by atoms with Crippen LogP contribution in [0.5, 0.6) is 5.75 Å². The van der Waals surface area contributed by atoms with E-state index in [2.05, 4.69) is 0 Å². The minimum Gasteiger partial charge on any atom is -0.483 e. The minimum atomic E-state index is -0.529. The van der Waals surface area contributed by atoms with Crippen molar-refractivity contribution in [3.8, 4) is 11.8 Å². The Morgan fingerprint density at radius 2 is 2.27 bits per heavy atom. The molecule has 0 N–H and O–H groups in total. The maximum Gasteiger partial charge on any atom is 0.312 e. The third-order valence-electron chi connectivity index (χ3n) is 2.12. The largest absolute Gasteiger partial charge is 0.483 e. The molecule has 1 fully saturated rings. The Labute approximate surface area is 86.0 Å². The van der Waals surface area contributed by atoms with E-state index in [-0.39, 0.29) is 23.1 Å². The summed E-state index contributed by atoms with van der Waals surface area (Å²) in [6, 6.07) is 6.24. The summed E-state index contributed by atoms with van der Waals surface area (Å²) in [6.45, 7) is 0. The van der Waals surface area contributed by atoms with Gasteiger partial charge in [-0.2, -0.15) is 5.26 Å². The number of rotatable bonds is 3. The van der Waals surface area contributed by atoms with E-state index in [0.717, 1.165) is 12.8 Å². The minimum absolute atomic E-state index is 0.0400. The lowest BCUT2D eigenvalue weighted by molar-refractivity contribution is -0.386. The van der Waals surface area contributed by atoms with Crippen LogP contribution >= 0.6 is 0 Å². The number of nitrogens with zero attached hydrogens (tertiary/aromatic N) is 2. The lowest BCUT2D eigenvalue weighted by Crippen LogP contribution is -2.02. The third kappa shape index (κ3) is 1.89. The topological polar surface area (TPSA) is 76.2 Å². The van der Waals surface area contributed by atoms with Crippen LogP contribution in [0.3, 0.4) is 0 Å². The molecule has 1 aliphatic rings. The number of nitriles is 1. The smallest absolute Gasteiger partial charge is 0.312 e. The third-order valence-corrected chi connectivity index (χ3v) is 2.12. The van der Waals surface area contributed by atoms with Gasteiger partial charge in [-0.1, -0.05) is 6.07 Å². The van der Waals surface area contributed by atoms with Crippen LogP contribution < -0.4 is 4.74 Å². The molecule has 1 aromatic rings. The number of hydrogen-bond acceptors (Lipinski definition) is 4. The molecule has 0 spiro atoms. The molecular weight excluding hydrogens is 196 g/mol. The maximum absolute atomic E-state index is 10.7. The van der Waals surface area contributed by atoms with Crippen LogP contribution in [0.25, 0.3) is 0 Å². The molecule has 1 saturated carbocycles. The summed E-state index contributed by atoms with van der Waals surface area (Å²) in [5.41, 5.74) is 0.0806.